The van der Waals surface area contributed by atoms with Gasteiger partial charge in [0, 0.05) is 11.2 Å². The van der Waals surface area contributed by atoms with E-state index in [0.717, 1.165) is 13.0 Å². The number of benzene rings is 1. The lowest BCUT2D eigenvalue weighted by atomic mass is 10.1. The van der Waals surface area contributed by atoms with E-state index in [9.17, 15) is 4.79 Å². The minimum atomic E-state index is -0.339. The molecule has 0 spiro atoms. The highest BCUT2D eigenvalue weighted by Gasteiger charge is 2.19. The van der Waals surface area contributed by atoms with Gasteiger partial charge in [0.1, 0.15) is 6.61 Å². The largest absolute Gasteiger partial charge is 0.460 e. The highest BCUT2D eigenvalue weighted by Crippen LogP contribution is 2.10. The summed E-state index contributed by atoms with van der Waals surface area (Å²) in [5, 5.41) is 3.32. The van der Waals surface area contributed by atoms with Crippen molar-refractivity contribution in [1.29, 1.82) is 0 Å². The molecule has 0 aromatic heterocycles. The van der Waals surface area contributed by atoms with Gasteiger partial charge in [-0.05, 0) is 45.0 Å². The Labute approximate surface area is 109 Å². The number of carbonyl (C=O) groups is 1. The third-order valence-corrected chi connectivity index (χ3v) is 2.54. The number of esters is 1. The second kappa shape index (κ2) is 6.40. The molecule has 18 heavy (non-hydrogen) atoms. The van der Waals surface area contributed by atoms with Crippen molar-refractivity contribution in [3.8, 4) is 0 Å². The standard InChI is InChI=1S/C14H22N2O2/c1-4-8-16-14(2,3)10-18-13(17)11-6-5-7-12(15)9-11/h5-7,9,16H,4,8,10,15H2,1-3H3. The fourth-order valence-electron chi connectivity index (χ4n) is 1.51. The predicted octanol–water partition coefficient (Wildman–Crippen LogP) is 2.20. The first kappa shape index (κ1) is 14.5. The van der Waals surface area contributed by atoms with Crippen LogP contribution in [0.5, 0.6) is 0 Å². The van der Waals surface area contributed by atoms with Crippen LogP contribution in [0, 0.1) is 0 Å². The van der Waals surface area contributed by atoms with E-state index in [4.69, 9.17) is 10.5 Å². The molecular weight excluding hydrogens is 228 g/mol. The number of anilines is 1. The Morgan fingerprint density at radius 2 is 2.17 bits per heavy atom. The smallest absolute Gasteiger partial charge is 0.338 e. The lowest BCUT2D eigenvalue weighted by Crippen LogP contribution is -2.44. The number of nitrogens with one attached hydrogen (secondary N) is 1. The fraction of sp³-hybridized carbons (Fsp3) is 0.500. The van der Waals surface area contributed by atoms with Crippen LogP contribution in [0.1, 0.15) is 37.6 Å². The van der Waals surface area contributed by atoms with Gasteiger partial charge in [0.25, 0.3) is 0 Å². The molecule has 0 bridgehead atoms. The maximum absolute atomic E-state index is 11.8. The Kier molecular flexibility index (Phi) is 5.16. The molecule has 1 aromatic rings. The molecule has 4 nitrogen and oxygen atoms in total. The molecule has 3 N–H and O–H groups in total. The highest BCUT2D eigenvalue weighted by atomic mass is 16.5. The summed E-state index contributed by atoms with van der Waals surface area (Å²) in [6, 6.07) is 6.80. The van der Waals surface area contributed by atoms with Gasteiger partial charge in [-0.1, -0.05) is 13.0 Å². The second-order valence-corrected chi connectivity index (χ2v) is 5.01. The molecule has 0 aliphatic carbocycles. The van der Waals surface area contributed by atoms with Crippen LogP contribution < -0.4 is 11.1 Å². The number of rotatable bonds is 6. The summed E-state index contributed by atoms with van der Waals surface area (Å²) < 4.78 is 5.29. The molecule has 0 fully saturated rings. The molecule has 0 aliphatic heterocycles. The van der Waals surface area contributed by atoms with Gasteiger partial charge in [0.2, 0.25) is 0 Å². The number of ether oxygens (including phenoxy) is 1. The third-order valence-electron chi connectivity index (χ3n) is 2.54. The van der Waals surface area contributed by atoms with Crippen LogP contribution >= 0.6 is 0 Å². The van der Waals surface area contributed by atoms with E-state index in [1.54, 1.807) is 24.3 Å². The SMILES string of the molecule is CCCNC(C)(C)COC(=O)c1cccc(N)c1. The van der Waals surface area contributed by atoms with Crippen molar-refractivity contribution in [1.82, 2.24) is 5.32 Å². The molecule has 0 saturated heterocycles. The molecule has 100 valence electrons. The van der Waals surface area contributed by atoms with Gasteiger partial charge in [0.15, 0.2) is 0 Å². The van der Waals surface area contributed by atoms with E-state index in [0.29, 0.717) is 17.9 Å². The van der Waals surface area contributed by atoms with Crippen molar-refractivity contribution in [3.05, 3.63) is 29.8 Å². The fourth-order valence-corrected chi connectivity index (χ4v) is 1.51. The van der Waals surface area contributed by atoms with Crippen molar-refractivity contribution < 1.29 is 9.53 Å². The summed E-state index contributed by atoms with van der Waals surface area (Å²) in [7, 11) is 0. The lowest BCUT2D eigenvalue weighted by Gasteiger charge is -2.25. The van der Waals surface area contributed by atoms with Crippen molar-refractivity contribution in [3.63, 3.8) is 0 Å². The van der Waals surface area contributed by atoms with Crippen LogP contribution in [0.15, 0.2) is 24.3 Å². The Morgan fingerprint density at radius 3 is 2.78 bits per heavy atom. The summed E-state index contributed by atoms with van der Waals surface area (Å²) in [5.41, 5.74) is 6.46. The number of nitrogen functional groups attached to an aromatic ring is 1. The maximum Gasteiger partial charge on any atom is 0.338 e. The van der Waals surface area contributed by atoms with Gasteiger partial charge in [-0.15, -0.1) is 0 Å². The number of carbonyl (C=O) groups excluding carboxylic acids is 1. The van der Waals surface area contributed by atoms with Gasteiger partial charge >= 0.3 is 5.97 Å². The van der Waals surface area contributed by atoms with Crippen molar-refractivity contribution in [2.24, 2.45) is 0 Å². The molecule has 1 aromatic carbocycles. The zero-order valence-corrected chi connectivity index (χ0v) is 11.3. The quantitative estimate of drug-likeness (QED) is 0.600. The van der Waals surface area contributed by atoms with Crippen LogP contribution in [0.4, 0.5) is 5.69 Å². The van der Waals surface area contributed by atoms with E-state index < -0.39 is 0 Å². The minimum Gasteiger partial charge on any atom is -0.460 e. The van der Waals surface area contributed by atoms with E-state index >= 15 is 0 Å². The average Bonchev–Trinajstić information content (AvgIpc) is 2.34. The van der Waals surface area contributed by atoms with E-state index in [-0.39, 0.29) is 11.5 Å². The number of hydrogen-bond acceptors (Lipinski definition) is 4. The molecule has 4 heteroatoms. The first-order valence-corrected chi connectivity index (χ1v) is 6.22. The number of hydrogen-bond donors (Lipinski definition) is 2. The zero-order chi connectivity index (χ0) is 13.6. The van der Waals surface area contributed by atoms with Gasteiger partial charge in [0.05, 0.1) is 5.56 Å². The Balaban J connectivity index is 2.50. The van der Waals surface area contributed by atoms with Gasteiger partial charge in [-0.25, -0.2) is 4.79 Å². The molecule has 0 radical (unpaired) electrons. The minimum absolute atomic E-state index is 0.216. The van der Waals surface area contributed by atoms with E-state index in [1.165, 1.54) is 0 Å². The summed E-state index contributed by atoms with van der Waals surface area (Å²) >= 11 is 0. The van der Waals surface area contributed by atoms with Crippen LogP contribution in [0.25, 0.3) is 0 Å². The van der Waals surface area contributed by atoms with Crippen LogP contribution in [0.3, 0.4) is 0 Å². The summed E-state index contributed by atoms with van der Waals surface area (Å²) in [6.45, 7) is 7.36. The Morgan fingerprint density at radius 1 is 1.44 bits per heavy atom. The molecule has 0 amide bonds. The predicted molar refractivity (Wildman–Crippen MR) is 73.5 cm³/mol. The molecule has 0 heterocycles. The van der Waals surface area contributed by atoms with Crippen LogP contribution in [0.2, 0.25) is 0 Å². The monoisotopic (exact) mass is 250 g/mol. The average molecular weight is 250 g/mol. The summed E-state index contributed by atoms with van der Waals surface area (Å²) in [5.74, 6) is -0.339. The number of nitrogens with two attached hydrogens (primary N) is 1. The van der Waals surface area contributed by atoms with Crippen molar-refractivity contribution in [2.45, 2.75) is 32.7 Å². The molecule has 1 rings (SSSR count). The topological polar surface area (TPSA) is 64.3 Å². The molecular formula is C14H22N2O2. The van der Waals surface area contributed by atoms with E-state index in [1.807, 2.05) is 13.8 Å². The maximum atomic E-state index is 11.8. The van der Waals surface area contributed by atoms with Gasteiger partial charge in [-0.2, -0.15) is 0 Å². The first-order valence-electron chi connectivity index (χ1n) is 6.22. The lowest BCUT2D eigenvalue weighted by molar-refractivity contribution is 0.0401. The van der Waals surface area contributed by atoms with Gasteiger partial charge < -0.3 is 15.8 Å². The molecule has 0 aliphatic rings. The van der Waals surface area contributed by atoms with Crippen LogP contribution in [-0.4, -0.2) is 24.7 Å². The highest BCUT2D eigenvalue weighted by molar-refractivity contribution is 5.90. The second-order valence-electron chi connectivity index (χ2n) is 5.01. The molecule has 0 atom stereocenters. The third kappa shape index (κ3) is 4.75. The molecule has 0 saturated carbocycles. The summed E-state index contributed by atoms with van der Waals surface area (Å²) in [6.07, 6.45) is 1.05. The Bertz CT molecular complexity index is 403. The summed E-state index contributed by atoms with van der Waals surface area (Å²) in [4.78, 5) is 11.8. The normalized spacial score (nSPS) is 11.3. The van der Waals surface area contributed by atoms with Gasteiger partial charge in [-0.3, -0.25) is 0 Å². The first-order chi connectivity index (χ1) is 8.44. The van der Waals surface area contributed by atoms with Crippen molar-refractivity contribution in [2.75, 3.05) is 18.9 Å². The van der Waals surface area contributed by atoms with Crippen LogP contribution in [-0.2, 0) is 4.74 Å². The zero-order valence-electron chi connectivity index (χ0n) is 11.3. The van der Waals surface area contributed by atoms with Crippen molar-refractivity contribution >= 4 is 11.7 Å². The molecule has 0 unspecified atom stereocenters. The Hall–Kier alpha value is -1.55. The van der Waals surface area contributed by atoms with E-state index in [2.05, 4.69) is 12.2 Å².